The Balaban J connectivity index is 1.55. The maximum absolute atomic E-state index is 13.1. The van der Waals surface area contributed by atoms with Crippen LogP contribution >= 0.6 is 11.6 Å². The molecule has 3 aromatic carbocycles. The number of aliphatic hydroxyl groups excluding tert-OH is 1. The van der Waals surface area contributed by atoms with Crippen LogP contribution in [-0.2, 0) is 4.79 Å². The van der Waals surface area contributed by atoms with Crippen molar-refractivity contribution >= 4 is 23.2 Å². The van der Waals surface area contributed by atoms with Crippen molar-refractivity contribution in [2.24, 2.45) is 5.92 Å². The van der Waals surface area contributed by atoms with Gasteiger partial charge in [0.1, 0.15) is 11.6 Å². The zero-order valence-corrected chi connectivity index (χ0v) is 16.8. The highest BCUT2D eigenvalue weighted by molar-refractivity contribution is 6.30. The van der Waals surface area contributed by atoms with Crippen LogP contribution in [0, 0.1) is 11.7 Å². The summed E-state index contributed by atoms with van der Waals surface area (Å²) in [6.07, 6.45) is 0.0846. The van der Waals surface area contributed by atoms with E-state index in [1.54, 1.807) is 65.6 Å². The van der Waals surface area contributed by atoms with Gasteiger partial charge in [0.25, 0.3) is 0 Å². The number of hydrogen-bond donors (Lipinski definition) is 2. The van der Waals surface area contributed by atoms with Crippen LogP contribution in [0.15, 0.2) is 72.8 Å². The maximum atomic E-state index is 13.1. The van der Waals surface area contributed by atoms with Crippen molar-refractivity contribution in [3.63, 3.8) is 0 Å². The van der Waals surface area contributed by atoms with Gasteiger partial charge in [-0.05, 0) is 72.5 Å². The Bertz CT molecular complexity index is 1020. The molecule has 4 nitrogen and oxygen atoms in total. The minimum absolute atomic E-state index is 0.0262. The second kappa shape index (κ2) is 8.46. The van der Waals surface area contributed by atoms with Gasteiger partial charge in [-0.25, -0.2) is 4.39 Å². The van der Waals surface area contributed by atoms with Crippen LogP contribution in [0.2, 0.25) is 5.02 Å². The first kappa shape index (κ1) is 20.4. The molecule has 0 aliphatic carbocycles. The number of benzene rings is 3. The van der Waals surface area contributed by atoms with Gasteiger partial charge in [-0.2, -0.15) is 0 Å². The van der Waals surface area contributed by atoms with Crippen LogP contribution in [0.3, 0.4) is 0 Å². The lowest BCUT2D eigenvalue weighted by Crippen LogP contribution is -2.55. The van der Waals surface area contributed by atoms with Crippen LogP contribution in [0.1, 0.15) is 36.1 Å². The highest BCUT2D eigenvalue weighted by Gasteiger charge is 2.48. The SMILES string of the molecule is O=C1[C@H](CC[C@H](O)c2ccc(F)cc2)[C@@H](c2ccc(O)cc2)N1c1ccc(Cl)cc1. The number of carbonyl (C=O) groups excluding carboxylic acids is 1. The fourth-order valence-corrected chi connectivity index (χ4v) is 4.09. The lowest BCUT2D eigenvalue weighted by atomic mass is 9.78. The highest BCUT2D eigenvalue weighted by Crippen LogP contribution is 2.46. The van der Waals surface area contributed by atoms with Gasteiger partial charge in [-0.1, -0.05) is 35.9 Å². The second-order valence-corrected chi connectivity index (χ2v) is 7.91. The topological polar surface area (TPSA) is 60.8 Å². The number of amides is 1. The smallest absolute Gasteiger partial charge is 0.233 e. The number of nitrogens with zero attached hydrogens (tertiary/aromatic N) is 1. The maximum Gasteiger partial charge on any atom is 0.233 e. The fraction of sp³-hybridized carbons (Fsp3) is 0.208. The van der Waals surface area contributed by atoms with Crippen LogP contribution in [0.5, 0.6) is 5.75 Å². The Morgan fingerprint density at radius 1 is 0.967 bits per heavy atom. The lowest BCUT2D eigenvalue weighted by molar-refractivity contribution is -0.131. The standard InChI is InChI=1S/C24H21ClFNO3/c25-17-5-9-19(10-6-17)27-23(16-3-11-20(28)12-4-16)21(24(27)30)13-14-22(29)15-1-7-18(26)8-2-15/h1-12,21-23,28-29H,13-14H2/t21-,22+,23-/m1/s1. The van der Waals surface area contributed by atoms with Crippen molar-refractivity contribution in [1.82, 2.24) is 0 Å². The number of rotatable bonds is 6. The summed E-state index contributed by atoms with van der Waals surface area (Å²) < 4.78 is 13.1. The predicted octanol–water partition coefficient (Wildman–Crippen LogP) is 5.40. The molecule has 4 rings (SSSR count). The Morgan fingerprint density at radius 3 is 2.23 bits per heavy atom. The van der Waals surface area contributed by atoms with Gasteiger partial charge in [0.05, 0.1) is 18.1 Å². The minimum Gasteiger partial charge on any atom is -0.508 e. The average Bonchev–Trinajstić information content (AvgIpc) is 2.74. The van der Waals surface area contributed by atoms with Crippen molar-refractivity contribution in [2.75, 3.05) is 4.90 Å². The molecule has 1 aliphatic heterocycles. The summed E-state index contributed by atoms with van der Waals surface area (Å²) >= 11 is 5.98. The van der Waals surface area contributed by atoms with Gasteiger partial charge < -0.3 is 15.1 Å². The summed E-state index contributed by atoms with van der Waals surface area (Å²) in [7, 11) is 0. The molecule has 154 valence electrons. The third-order valence-corrected chi connectivity index (χ3v) is 5.81. The number of aromatic hydroxyl groups is 1. The molecule has 3 aromatic rings. The molecule has 1 heterocycles. The lowest BCUT2D eigenvalue weighted by Gasteiger charge is -2.48. The summed E-state index contributed by atoms with van der Waals surface area (Å²) in [6.45, 7) is 0. The molecular weight excluding hydrogens is 405 g/mol. The molecule has 0 radical (unpaired) electrons. The first-order valence-electron chi connectivity index (χ1n) is 9.75. The Hall–Kier alpha value is -2.89. The number of anilines is 1. The van der Waals surface area contributed by atoms with Crippen molar-refractivity contribution in [2.45, 2.75) is 25.0 Å². The molecule has 2 N–H and O–H groups in total. The first-order chi connectivity index (χ1) is 14.4. The Kier molecular flexibility index (Phi) is 5.75. The number of β-lactam (4-membered cyclic amide) rings is 1. The van der Waals surface area contributed by atoms with Gasteiger partial charge in [0.15, 0.2) is 0 Å². The van der Waals surface area contributed by atoms with E-state index in [0.29, 0.717) is 23.4 Å². The van der Waals surface area contributed by atoms with E-state index in [0.717, 1.165) is 11.3 Å². The summed E-state index contributed by atoms with van der Waals surface area (Å²) in [4.78, 5) is 14.7. The van der Waals surface area contributed by atoms with Crippen LogP contribution in [0.25, 0.3) is 0 Å². The zero-order valence-electron chi connectivity index (χ0n) is 16.1. The number of aliphatic hydroxyl groups is 1. The molecular formula is C24H21ClFNO3. The van der Waals surface area contributed by atoms with Gasteiger partial charge in [0.2, 0.25) is 5.91 Å². The monoisotopic (exact) mass is 425 g/mol. The van der Waals surface area contributed by atoms with Gasteiger partial charge in [-0.3, -0.25) is 4.79 Å². The first-order valence-corrected chi connectivity index (χ1v) is 10.1. The molecule has 1 fully saturated rings. The van der Waals surface area contributed by atoms with Crippen molar-refractivity contribution in [3.8, 4) is 5.75 Å². The summed E-state index contributed by atoms with van der Waals surface area (Å²) in [5.41, 5.74) is 2.28. The van der Waals surface area contributed by atoms with Crippen LogP contribution in [0.4, 0.5) is 10.1 Å². The van der Waals surface area contributed by atoms with E-state index < -0.39 is 6.10 Å². The third kappa shape index (κ3) is 4.04. The van der Waals surface area contributed by atoms with Crippen LogP contribution in [-0.4, -0.2) is 16.1 Å². The number of carbonyl (C=O) groups is 1. The number of hydrogen-bond acceptors (Lipinski definition) is 3. The molecule has 1 aliphatic rings. The van der Waals surface area contributed by atoms with Gasteiger partial charge in [0, 0.05) is 10.7 Å². The predicted molar refractivity (Wildman–Crippen MR) is 114 cm³/mol. The number of halogens is 2. The molecule has 3 atom stereocenters. The van der Waals surface area contributed by atoms with E-state index in [4.69, 9.17) is 11.6 Å². The highest BCUT2D eigenvalue weighted by atomic mass is 35.5. The van der Waals surface area contributed by atoms with Crippen molar-refractivity contribution in [3.05, 3.63) is 94.8 Å². The molecule has 0 unspecified atom stereocenters. The van der Waals surface area contributed by atoms with E-state index >= 15 is 0 Å². The van der Waals surface area contributed by atoms with E-state index in [1.807, 2.05) is 0 Å². The van der Waals surface area contributed by atoms with Gasteiger partial charge >= 0.3 is 0 Å². The average molecular weight is 426 g/mol. The van der Waals surface area contributed by atoms with E-state index in [-0.39, 0.29) is 29.4 Å². The Labute approximate surface area is 179 Å². The summed E-state index contributed by atoms with van der Waals surface area (Å²) in [6, 6.07) is 19.4. The molecule has 30 heavy (non-hydrogen) atoms. The molecule has 1 amide bonds. The minimum atomic E-state index is -0.775. The second-order valence-electron chi connectivity index (χ2n) is 7.47. The van der Waals surface area contributed by atoms with E-state index in [9.17, 15) is 19.4 Å². The molecule has 0 aromatic heterocycles. The zero-order chi connectivity index (χ0) is 21.3. The van der Waals surface area contributed by atoms with E-state index in [2.05, 4.69) is 0 Å². The van der Waals surface area contributed by atoms with Gasteiger partial charge in [-0.15, -0.1) is 0 Å². The third-order valence-electron chi connectivity index (χ3n) is 5.56. The number of phenolic OH excluding ortho intramolecular Hbond substituents is 1. The largest absolute Gasteiger partial charge is 0.508 e. The number of phenols is 1. The molecule has 1 saturated heterocycles. The van der Waals surface area contributed by atoms with Crippen LogP contribution < -0.4 is 4.90 Å². The normalized spacial score (nSPS) is 19.4. The quantitative estimate of drug-likeness (QED) is 0.519. The molecule has 0 bridgehead atoms. The summed E-state index contributed by atoms with van der Waals surface area (Å²) in [5, 5.41) is 20.7. The van der Waals surface area contributed by atoms with Crippen molar-refractivity contribution in [1.29, 1.82) is 0 Å². The molecule has 6 heteroatoms. The van der Waals surface area contributed by atoms with Crippen molar-refractivity contribution < 1.29 is 19.4 Å². The summed E-state index contributed by atoms with van der Waals surface area (Å²) in [5.74, 6) is -0.529. The van der Waals surface area contributed by atoms with E-state index in [1.165, 1.54) is 12.1 Å². The Morgan fingerprint density at radius 2 is 1.60 bits per heavy atom. The molecule has 0 spiro atoms. The molecule has 0 saturated carbocycles. The fourth-order valence-electron chi connectivity index (χ4n) is 3.96.